The fourth-order valence-electron chi connectivity index (χ4n) is 4.04. The van der Waals surface area contributed by atoms with Crippen molar-refractivity contribution in [2.75, 3.05) is 19.5 Å². The number of carbonyl (C=O) groups is 1. The second kappa shape index (κ2) is 11.9. The van der Waals surface area contributed by atoms with E-state index in [-0.39, 0.29) is 24.5 Å². The molecule has 192 valence electrons. The van der Waals surface area contributed by atoms with Gasteiger partial charge < -0.3 is 9.57 Å². The summed E-state index contributed by atoms with van der Waals surface area (Å²) >= 11 is 0. The summed E-state index contributed by atoms with van der Waals surface area (Å²) < 4.78 is 42.9. The van der Waals surface area contributed by atoms with Gasteiger partial charge in [-0.2, -0.15) is 0 Å². The van der Waals surface area contributed by atoms with Crippen molar-refractivity contribution in [1.82, 2.24) is 0 Å². The number of sulfone groups is 1. The van der Waals surface area contributed by atoms with E-state index in [4.69, 9.17) is 4.74 Å². The first kappa shape index (κ1) is 27.1. The van der Waals surface area contributed by atoms with Crippen LogP contribution in [0.3, 0.4) is 0 Å². The number of esters is 1. The average molecular weight is 518 g/mol. The number of benzene rings is 2. The predicted molar refractivity (Wildman–Crippen MR) is 133 cm³/mol. The Hall–Kier alpha value is -3.53. The summed E-state index contributed by atoms with van der Waals surface area (Å²) in [7, 11) is -3.31. The lowest BCUT2D eigenvalue weighted by molar-refractivity contribution is -0.757. The number of hydrogen-bond acceptors (Lipinski definition) is 7. The molecule has 2 aromatic rings. The van der Waals surface area contributed by atoms with Crippen LogP contribution in [-0.4, -0.2) is 38.9 Å². The van der Waals surface area contributed by atoms with Crippen LogP contribution in [0.1, 0.15) is 55.7 Å². The number of nitrogens with zero attached hydrogens (tertiary/aromatic N) is 1. The Morgan fingerprint density at radius 1 is 1.03 bits per heavy atom. The molecule has 0 heterocycles. The number of fused-ring (bicyclic) bond motifs is 1. The fraction of sp³-hybridized carbons (Fsp3) is 0.346. The largest absolute Gasteiger partial charge is 0.465 e. The minimum Gasteiger partial charge on any atom is -0.465 e. The van der Waals surface area contributed by atoms with Crippen LogP contribution in [0.4, 0.5) is 4.39 Å². The molecule has 10 heteroatoms. The van der Waals surface area contributed by atoms with Crippen LogP contribution in [0, 0.1) is 15.9 Å². The van der Waals surface area contributed by atoms with Gasteiger partial charge in [0, 0.05) is 6.26 Å². The van der Waals surface area contributed by atoms with E-state index in [1.807, 2.05) is 13.0 Å². The number of hydrogen-bond donors (Lipinski definition) is 0. The van der Waals surface area contributed by atoms with Crippen molar-refractivity contribution < 1.29 is 32.3 Å². The number of halogens is 1. The second-order valence-corrected chi connectivity index (χ2v) is 10.6. The molecule has 0 radical (unpaired) electrons. The van der Waals surface area contributed by atoms with Crippen molar-refractivity contribution in [3.05, 3.63) is 80.7 Å². The molecule has 0 amide bonds. The molecule has 3 rings (SSSR count). The SMILES string of the molecule is CC1=C(CC(=O)OCCCCCCO[N+](=O)[O-])c2cc(F)ccc2/C1=C\c1ccc(S(C)(=O)=O)cc1. The van der Waals surface area contributed by atoms with Crippen molar-refractivity contribution in [1.29, 1.82) is 0 Å². The number of rotatable bonds is 12. The van der Waals surface area contributed by atoms with Crippen LogP contribution in [0.5, 0.6) is 0 Å². The fourth-order valence-corrected chi connectivity index (χ4v) is 4.67. The lowest BCUT2D eigenvalue weighted by Gasteiger charge is -2.08. The highest BCUT2D eigenvalue weighted by Crippen LogP contribution is 2.44. The van der Waals surface area contributed by atoms with E-state index in [1.165, 1.54) is 24.3 Å². The summed E-state index contributed by atoms with van der Waals surface area (Å²) in [4.78, 5) is 27.1. The maximum absolute atomic E-state index is 14.1. The third-order valence-corrected chi connectivity index (χ3v) is 7.02. The molecule has 0 bridgehead atoms. The van der Waals surface area contributed by atoms with Gasteiger partial charge in [-0.05, 0) is 89.9 Å². The van der Waals surface area contributed by atoms with Crippen molar-refractivity contribution >= 4 is 33.0 Å². The molecule has 0 unspecified atom stereocenters. The van der Waals surface area contributed by atoms with Gasteiger partial charge in [0.15, 0.2) is 9.84 Å². The quantitative estimate of drug-likeness (QED) is 0.163. The summed E-state index contributed by atoms with van der Waals surface area (Å²) in [5, 5.41) is 9.29. The van der Waals surface area contributed by atoms with Gasteiger partial charge in [-0.1, -0.05) is 24.6 Å². The Kier molecular flexibility index (Phi) is 8.98. The van der Waals surface area contributed by atoms with Gasteiger partial charge in [0.2, 0.25) is 0 Å². The summed E-state index contributed by atoms with van der Waals surface area (Å²) in [5.74, 6) is -0.831. The van der Waals surface area contributed by atoms with E-state index in [2.05, 4.69) is 4.84 Å². The molecule has 0 aromatic heterocycles. The zero-order valence-corrected chi connectivity index (χ0v) is 21.0. The van der Waals surface area contributed by atoms with Crippen LogP contribution in [0.2, 0.25) is 0 Å². The number of carbonyl (C=O) groups excluding carboxylic acids is 1. The maximum atomic E-state index is 14.1. The first-order valence-corrected chi connectivity index (χ1v) is 13.4. The Morgan fingerprint density at radius 3 is 2.33 bits per heavy atom. The lowest BCUT2D eigenvalue weighted by atomic mass is 10.0. The van der Waals surface area contributed by atoms with Crippen LogP contribution in [0.25, 0.3) is 17.2 Å². The van der Waals surface area contributed by atoms with Gasteiger partial charge in [-0.25, -0.2) is 12.8 Å². The van der Waals surface area contributed by atoms with E-state index in [0.717, 1.165) is 41.4 Å². The topological polar surface area (TPSA) is 113 Å². The van der Waals surface area contributed by atoms with E-state index in [9.17, 15) is 27.7 Å². The van der Waals surface area contributed by atoms with Crippen molar-refractivity contribution in [3.8, 4) is 0 Å². The molecule has 1 aliphatic rings. The van der Waals surface area contributed by atoms with Crippen LogP contribution < -0.4 is 0 Å². The molecular formula is C26H28FNO7S. The van der Waals surface area contributed by atoms with Gasteiger partial charge in [0.1, 0.15) is 5.82 Å². The molecule has 0 atom stereocenters. The standard InChI is InChI=1S/C26H28FNO7S/c1-18-23(15-19-7-10-21(11-8-19)36(2,32)33)22-12-9-20(27)16-25(22)24(18)17-26(29)34-13-5-3-4-6-14-35-28(30)31/h7-12,15-16H,3-6,13-14,17H2,1-2H3/b23-15-. The summed E-state index contributed by atoms with van der Waals surface area (Å²) in [5.41, 5.74) is 4.54. The van der Waals surface area contributed by atoms with Gasteiger partial charge in [-0.3, -0.25) is 4.79 Å². The van der Waals surface area contributed by atoms with E-state index < -0.39 is 26.7 Å². The second-order valence-electron chi connectivity index (χ2n) is 8.56. The third kappa shape index (κ3) is 7.24. The van der Waals surface area contributed by atoms with Crippen molar-refractivity contribution in [2.24, 2.45) is 0 Å². The number of ether oxygens (including phenoxy) is 1. The van der Waals surface area contributed by atoms with Crippen LogP contribution in [0.15, 0.2) is 52.9 Å². The Bertz CT molecular complexity index is 1300. The summed E-state index contributed by atoms with van der Waals surface area (Å²) in [6, 6.07) is 10.9. The smallest absolute Gasteiger partial charge is 0.310 e. The highest BCUT2D eigenvalue weighted by atomic mass is 32.2. The molecule has 2 aromatic carbocycles. The van der Waals surface area contributed by atoms with Crippen molar-refractivity contribution in [3.63, 3.8) is 0 Å². The molecule has 36 heavy (non-hydrogen) atoms. The molecular weight excluding hydrogens is 489 g/mol. The number of allylic oxidation sites excluding steroid dienone is 2. The minimum absolute atomic E-state index is 0.0106. The first-order chi connectivity index (χ1) is 17.1. The average Bonchev–Trinajstić information content (AvgIpc) is 3.05. The molecule has 8 nitrogen and oxygen atoms in total. The minimum atomic E-state index is -3.31. The van der Waals surface area contributed by atoms with Gasteiger partial charge in [-0.15, -0.1) is 10.1 Å². The van der Waals surface area contributed by atoms with Gasteiger partial charge in [0.05, 0.1) is 24.5 Å². The highest BCUT2D eigenvalue weighted by molar-refractivity contribution is 7.90. The molecule has 0 aliphatic heterocycles. The Morgan fingerprint density at radius 2 is 1.69 bits per heavy atom. The number of unbranched alkanes of at least 4 members (excludes halogenated alkanes) is 3. The van der Waals surface area contributed by atoms with Crippen molar-refractivity contribution in [2.45, 2.75) is 43.9 Å². The summed E-state index contributed by atoms with van der Waals surface area (Å²) in [6.07, 6.45) is 5.67. The zero-order valence-electron chi connectivity index (χ0n) is 20.2. The van der Waals surface area contributed by atoms with Gasteiger partial charge >= 0.3 is 5.97 Å². The molecule has 0 N–H and O–H groups in total. The zero-order chi connectivity index (χ0) is 26.3. The molecule has 1 aliphatic carbocycles. The van der Waals surface area contributed by atoms with Crippen LogP contribution in [-0.2, 0) is 24.2 Å². The maximum Gasteiger partial charge on any atom is 0.310 e. The molecule has 0 saturated carbocycles. The monoisotopic (exact) mass is 517 g/mol. The van der Waals surface area contributed by atoms with E-state index in [0.29, 0.717) is 24.0 Å². The highest BCUT2D eigenvalue weighted by Gasteiger charge is 2.26. The third-order valence-electron chi connectivity index (χ3n) is 5.89. The molecule has 0 saturated heterocycles. The summed E-state index contributed by atoms with van der Waals surface area (Å²) in [6.45, 7) is 2.14. The molecule has 0 fully saturated rings. The van der Waals surface area contributed by atoms with Crippen LogP contribution >= 0.6 is 0 Å². The molecule has 0 spiro atoms. The lowest BCUT2D eigenvalue weighted by Crippen LogP contribution is -2.07. The first-order valence-electron chi connectivity index (χ1n) is 11.5. The van der Waals surface area contributed by atoms with E-state index in [1.54, 1.807) is 18.2 Å². The predicted octanol–water partition coefficient (Wildman–Crippen LogP) is 5.26. The Balaban J connectivity index is 1.67. The Labute approximate surface area is 209 Å². The van der Waals surface area contributed by atoms with E-state index >= 15 is 0 Å². The normalized spacial score (nSPS) is 14.1. The van der Waals surface area contributed by atoms with Gasteiger partial charge in [0.25, 0.3) is 5.09 Å².